The van der Waals surface area contributed by atoms with Crippen molar-refractivity contribution in [2.75, 3.05) is 56.6 Å². The number of carbonyl (C=O) groups excluding carboxylic acids is 8. The lowest BCUT2D eigenvalue weighted by molar-refractivity contribution is 0.100. The van der Waals surface area contributed by atoms with Crippen LogP contribution in [-0.4, -0.2) is 115 Å². The molecule has 8 amide bonds. The molecule has 0 aliphatic rings. The molecule has 608 valence electrons. The van der Waals surface area contributed by atoms with Crippen LogP contribution in [0.25, 0.3) is 0 Å². The first-order chi connectivity index (χ1) is 57.5. The molecule has 30 nitrogen and oxygen atoms in total. The van der Waals surface area contributed by atoms with Gasteiger partial charge in [-0.05, 0) is 158 Å². The van der Waals surface area contributed by atoms with Crippen LogP contribution < -0.4 is 65.5 Å². The zero-order valence-corrected chi connectivity index (χ0v) is 65.2. The molecule has 4 heterocycles. The molecule has 12 rings (SSSR count). The summed E-state index contributed by atoms with van der Waals surface area (Å²) in [6.07, 6.45) is 5.49. The number of nitrogens with zero attached hydrogens (tertiary/aromatic N) is 8. The Morgan fingerprint density at radius 2 is 0.558 bits per heavy atom. The number of hydrogen-bond donors (Lipinski definition) is 14. The number of aliphatic imine (C=N–C) groups is 2. The van der Waals surface area contributed by atoms with Crippen LogP contribution in [0.4, 0.5) is 63.6 Å². The van der Waals surface area contributed by atoms with Crippen molar-refractivity contribution < 1.29 is 66.3 Å². The second-order valence-electron chi connectivity index (χ2n) is 24.3. The predicted octanol–water partition coefficient (Wildman–Crippen LogP) is 14.4. The third kappa shape index (κ3) is 24.8. The fraction of sp³-hybridized carbons (Fsp3) is 0.0244. The normalized spacial score (nSPS) is 11.1. The largest absolute Gasteiger partial charge is 0.409 e. The number of halogens is 8. The van der Waals surface area contributed by atoms with E-state index in [1.807, 2.05) is 0 Å². The van der Waals surface area contributed by atoms with E-state index in [0.717, 1.165) is 36.4 Å². The first kappa shape index (κ1) is 88.4. The fourth-order valence-electron chi connectivity index (χ4n) is 10.2. The molecular weight excluding hydrogens is 1640 g/mol. The van der Waals surface area contributed by atoms with E-state index in [4.69, 9.17) is 79.8 Å². The standard InChI is InChI=1S/2C21H17ClFN5O2.2C20H15ClFN5O3/c1-25-19(24)12-2-4-13(5-3-12)20(29)27-17-8-7-15(23)10-16(17)21(30)28-18-9-6-14(22)11-26-18;1-25-19(24)12-6-8-14(16(23)10-12)20(29)27-17-5-3-2-4-15(17)21(30)28-18-9-7-13(22)11-26-18;21-13-5-8-17(24-10-13)26-20(29)15-9-14(22)6-7-16(15)25-19(28)12-3-1-11(2-4-12)18(23)27-30;21-12-6-8-17(24-10-12)26-20(29)14-3-1-2-4-16(14)25-19(28)13-7-5-11(9-15(13)22)18(23)27-30/h2*2-11H,1H3,(H2,24,25)(H,27,29)(H,26,28,30);2*1-10,30H,(H2,23,27)(H,25,28)(H,24,26,29). The molecule has 0 saturated carbocycles. The van der Waals surface area contributed by atoms with E-state index in [1.54, 1.807) is 79.8 Å². The number of pyridine rings is 4. The van der Waals surface area contributed by atoms with Gasteiger partial charge in [0.15, 0.2) is 11.7 Å². The minimum Gasteiger partial charge on any atom is -0.409 e. The Morgan fingerprint density at radius 3 is 0.875 bits per heavy atom. The van der Waals surface area contributed by atoms with Gasteiger partial charge in [-0.3, -0.25) is 48.3 Å². The van der Waals surface area contributed by atoms with Gasteiger partial charge in [-0.2, -0.15) is 0 Å². The van der Waals surface area contributed by atoms with Crippen molar-refractivity contribution in [2.24, 2.45) is 43.2 Å². The minimum absolute atomic E-state index is 0.0564. The smallest absolute Gasteiger partial charge is 0.259 e. The Hall–Kier alpha value is -15.5. The minimum atomic E-state index is -0.871. The number of anilines is 8. The zero-order chi connectivity index (χ0) is 86.7. The lowest BCUT2D eigenvalue weighted by atomic mass is 10.1. The van der Waals surface area contributed by atoms with Crippen molar-refractivity contribution in [2.45, 2.75) is 0 Å². The van der Waals surface area contributed by atoms with Gasteiger partial charge in [0.1, 0.15) is 58.2 Å². The van der Waals surface area contributed by atoms with Crippen molar-refractivity contribution in [1.82, 2.24) is 19.9 Å². The van der Waals surface area contributed by atoms with E-state index in [-0.39, 0.29) is 102 Å². The van der Waals surface area contributed by atoms with Gasteiger partial charge in [0.05, 0.1) is 76.2 Å². The van der Waals surface area contributed by atoms with Crippen LogP contribution in [0.1, 0.15) is 105 Å². The molecule has 0 unspecified atom stereocenters. The second kappa shape index (κ2) is 42.2. The Labute approximate surface area is 698 Å². The molecule has 0 radical (unpaired) electrons. The lowest BCUT2D eigenvalue weighted by Crippen LogP contribution is -2.20. The number of amides is 8. The number of nitrogens with one attached hydrogen (secondary N) is 8. The third-order valence-electron chi connectivity index (χ3n) is 16.3. The molecule has 18 N–H and O–H groups in total. The quantitative estimate of drug-likeness (QED) is 0.0111. The number of benzene rings is 8. The van der Waals surface area contributed by atoms with Crippen LogP contribution in [0, 0.1) is 23.3 Å². The van der Waals surface area contributed by atoms with E-state index in [2.05, 4.69) is 82.8 Å². The number of oxime groups is 2. The van der Waals surface area contributed by atoms with Crippen LogP contribution in [0.3, 0.4) is 0 Å². The molecule has 0 aliphatic carbocycles. The Bertz CT molecular complexity index is 5580. The molecule has 120 heavy (non-hydrogen) atoms. The van der Waals surface area contributed by atoms with E-state index in [9.17, 15) is 55.9 Å². The summed E-state index contributed by atoms with van der Waals surface area (Å²) in [5.74, 6) is -6.61. The summed E-state index contributed by atoms with van der Waals surface area (Å²) in [5.41, 5.74) is 24.8. The van der Waals surface area contributed by atoms with E-state index in [1.165, 1.54) is 141 Å². The topological polar surface area (TPSA) is 478 Å². The van der Waals surface area contributed by atoms with Gasteiger partial charge in [-0.25, -0.2) is 37.5 Å². The number of aromatic nitrogens is 4. The summed E-state index contributed by atoms with van der Waals surface area (Å²) < 4.78 is 56.2. The maximum absolute atomic E-state index is 14.4. The molecule has 12 aromatic rings. The molecule has 0 bridgehead atoms. The van der Waals surface area contributed by atoms with Crippen LogP contribution in [0.15, 0.2) is 263 Å². The third-order valence-corrected chi connectivity index (χ3v) is 17.2. The van der Waals surface area contributed by atoms with E-state index in [0.29, 0.717) is 54.0 Å². The van der Waals surface area contributed by atoms with Crippen LogP contribution in [0.2, 0.25) is 20.1 Å². The maximum atomic E-state index is 14.4. The molecule has 0 saturated heterocycles. The van der Waals surface area contributed by atoms with Crippen LogP contribution >= 0.6 is 46.4 Å². The highest BCUT2D eigenvalue weighted by Gasteiger charge is 2.23. The van der Waals surface area contributed by atoms with Gasteiger partial charge in [-0.15, -0.1) is 0 Å². The molecule has 38 heteroatoms. The monoisotopic (exact) mass is 1700 g/mol. The average Bonchev–Trinajstić information content (AvgIpc) is 0.806. The summed E-state index contributed by atoms with van der Waals surface area (Å²) in [6.45, 7) is 0. The maximum Gasteiger partial charge on any atom is 0.259 e. The van der Waals surface area contributed by atoms with Crippen molar-refractivity contribution in [3.8, 4) is 0 Å². The Kier molecular flexibility index (Phi) is 31.1. The summed E-state index contributed by atoms with van der Waals surface area (Å²) in [6, 6.07) is 51.6. The summed E-state index contributed by atoms with van der Waals surface area (Å²) in [7, 11) is 3.05. The van der Waals surface area contributed by atoms with E-state index < -0.39 is 70.5 Å². The Morgan fingerprint density at radius 1 is 0.292 bits per heavy atom. The average molecular weight is 1710 g/mol. The number of rotatable bonds is 20. The van der Waals surface area contributed by atoms with Crippen molar-refractivity contribution >= 4 is 163 Å². The van der Waals surface area contributed by atoms with Gasteiger partial charge >= 0.3 is 0 Å². The number of nitrogens with two attached hydrogens (primary N) is 4. The van der Waals surface area contributed by atoms with Gasteiger partial charge in [0.2, 0.25) is 0 Å². The Balaban J connectivity index is 0.000000182. The zero-order valence-electron chi connectivity index (χ0n) is 62.2. The highest BCUT2D eigenvalue weighted by Crippen LogP contribution is 2.27. The number of para-hydroxylation sites is 2. The summed E-state index contributed by atoms with van der Waals surface area (Å²) in [5, 5.41) is 45.2. The predicted molar refractivity (Wildman–Crippen MR) is 450 cm³/mol. The van der Waals surface area contributed by atoms with E-state index >= 15 is 0 Å². The lowest BCUT2D eigenvalue weighted by Gasteiger charge is -2.12. The van der Waals surface area contributed by atoms with Crippen LogP contribution in [-0.2, 0) is 0 Å². The molecule has 0 atom stereocenters. The van der Waals surface area contributed by atoms with Gasteiger partial charge < -0.3 is 75.9 Å². The van der Waals surface area contributed by atoms with Crippen LogP contribution in [0.5, 0.6) is 0 Å². The number of carbonyl (C=O) groups is 8. The first-order valence-corrected chi connectivity index (χ1v) is 36.0. The molecule has 8 aromatic carbocycles. The van der Waals surface area contributed by atoms with Crippen molar-refractivity contribution in [1.29, 1.82) is 0 Å². The molecule has 0 spiro atoms. The molecule has 4 aromatic heterocycles. The highest BCUT2D eigenvalue weighted by atomic mass is 35.5. The SMILES string of the molecule is CN=C(N)c1ccc(C(=O)Nc2ccc(F)cc2C(=O)Nc2ccc(Cl)cn2)cc1.CN=C(N)c1ccc(C(=O)Nc2ccccc2C(=O)Nc2ccc(Cl)cn2)c(F)c1.N/C(=N/O)c1ccc(C(=O)Nc2ccc(F)cc2C(=O)Nc2ccc(Cl)cn2)cc1.N/C(=N/O)c1ccc(C(=O)Nc2ccccc2C(=O)Nc2ccc(Cl)cn2)c(F)c1. The summed E-state index contributed by atoms with van der Waals surface area (Å²) >= 11 is 23.1. The van der Waals surface area contributed by atoms with Gasteiger partial charge in [0, 0.05) is 72.3 Å². The molecular formula is C82H64Cl4F4N20O10. The first-order valence-electron chi connectivity index (χ1n) is 34.5. The fourth-order valence-corrected chi connectivity index (χ4v) is 10.6. The number of hydrogen-bond acceptors (Lipinski definition) is 18. The highest BCUT2D eigenvalue weighted by molar-refractivity contribution is 6.31. The van der Waals surface area contributed by atoms with Gasteiger partial charge in [0.25, 0.3) is 47.3 Å². The second-order valence-corrected chi connectivity index (χ2v) is 26.0. The van der Waals surface area contributed by atoms with Crippen molar-refractivity contribution in [3.05, 3.63) is 353 Å². The molecule has 0 fully saturated rings. The van der Waals surface area contributed by atoms with Gasteiger partial charge in [-0.1, -0.05) is 117 Å². The molecule has 0 aliphatic heterocycles. The number of amidine groups is 4. The van der Waals surface area contributed by atoms with Crippen molar-refractivity contribution in [3.63, 3.8) is 0 Å². The summed E-state index contributed by atoms with van der Waals surface area (Å²) in [4.78, 5) is 124.